The van der Waals surface area contributed by atoms with Gasteiger partial charge in [-0.3, -0.25) is 19.7 Å². The fraction of sp³-hybridized carbons (Fsp3) is 0.353. The predicted molar refractivity (Wildman–Crippen MR) is 229 cm³/mol. The van der Waals surface area contributed by atoms with Gasteiger partial charge in [-0.05, 0) is 152 Å². The molecule has 2 saturated heterocycles. The number of hydrogen-bond donors (Lipinski definition) is 1. The first-order chi connectivity index (χ1) is 29.4. The maximum absolute atomic E-state index is 14.9. The van der Waals surface area contributed by atoms with Crippen molar-refractivity contribution in [3.8, 4) is 11.5 Å². The molecule has 5 aromatic rings. The molecular formula is C51H52FN3O5. The lowest BCUT2D eigenvalue weighted by atomic mass is 9.69. The van der Waals surface area contributed by atoms with Crippen molar-refractivity contribution in [2.45, 2.75) is 88.3 Å². The first-order valence-electron chi connectivity index (χ1n) is 21.6. The molecule has 0 spiro atoms. The second-order valence-electron chi connectivity index (χ2n) is 16.8. The van der Waals surface area contributed by atoms with Crippen LogP contribution in [0.5, 0.6) is 11.5 Å². The van der Waals surface area contributed by atoms with Gasteiger partial charge in [0.05, 0.1) is 6.61 Å². The van der Waals surface area contributed by atoms with E-state index in [2.05, 4.69) is 95.1 Å². The Balaban J connectivity index is 0.770. The molecule has 5 aromatic carbocycles. The predicted octanol–water partition coefficient (Wildman–Crippen LogP) is 9.07. The Bertz CT molecular complexity index is 2330. The first kappa shape index (κ1) is 39.6. The number of amides is 3. The number of benzene rings is 5. The van der Waals surface area contributed by atoms with Crippen LogP contribution < -0.4 is 14.8 Å². The molecule has 1 N–H and O–H groups in total. The van der Waals surface area contributed by atoms with Crippen LogP contribution in [0, 0.1) is 5.82 Å². The number of likely N-dealkylation sites (tertiary alicyclic amines) is 1. The SMILES string of the molecule is O=C1CCC(N2Cc3c(cc(F)cc3C3CCN(CCCCOc4ccc([C@@H]5c6ccc(OCc7ccccc7)cc6CC[C@@H]5c5ccccc5)cc4)CC3)C2=O)C(=O)N1. The number of imide groups is 1. The Hall–Kier alpha value is -5.80. The van der Waals surface area contributed by atoms with E-state index in [0.717, 1.165) is 86.3 Å². The lowest BCUT2D eigenvalue weighted by Crippen LogP contribution is -2.52. The molecule has 60 heavy (non-hydrogen) atoms. The normalized spacial score (nSPS) is 20.7. The van der Waals surface area contributed by atoms with Crippen molar-refractivity contribution < 1.29 is 28.2 Å². The summed E-state index contributed by atoms with van der Waals surface area (Å²) in [7, 11) is 0. The molecule has 0 bridgehead atoms. The summed E-state index contributed by atoms with van der Waals surface area (Å²) in [6, 6.07) is 38.7. The number of nitrogens with one attached hydrogen (secondary N) is 1. The van der Waals surface area contributed by atoms with Crippen LogP contribution in [0.4, 0.5) is 4.39 Å². The van der Waals surface area contributed by atoms with Crippen LogP contribution in [-0.4, -0.2) is 59.8 Å². The maximum atomic E-state index is 14.9. The quantitative estimate of drug-likeness (QED) is 0.0945. The summed E-state index contributed by atoms with van der Waals surface area (Å²) in [6.07, 6.45) is 6.28. The molecule has 3 atom stereocenters. The molecule has 9 rings (SSSR count). The summed E-state index contributed by atoms with van der Waals surface area (Å²) in [4.78, 5) is 41.6. The summed E-state index contributed by atoms with van der Waals surface area (Å²) < 4.78 is 27.4. The Labute approximate surface area is 351 Å². The van der Waals surface area contributed by atoms with E-state index in [0.29, 0.717) is 24.7 Å². The van der Waals surface area contributed by atoms with Gasteiger partial charge in [0, 0.05) is 24.4 Å². The number of nitrogens with zero attached hydrogens (tertiary/aromatic N) is 2. The molecule has 0 radical (unpaired) electrons. The number of aryl methyl sites for hydroxylation is 1. The lowest BCUT2D eigenvalue weighted by molar-refractivity contribution is -0.136. The van der Waals surface area contributed by atoms with Crippen molar-refractivity contribution in [3.63, 3.8) is 0 Å². The van der Waals surface area contributed by atoms with E-state index in [4.69, 9.17) is 9.47 Å². The number of carbonyl (C=O) groups excluding carboxylic acids is 3. The molecule has 4 aliphatic rings. The Kier molecular flexibility index (Phi) is 11.8. The number of piperidine rings is 2. The zero-order valence-corrected chi connectivity index (χ0v) is 34.0. The molecule has 8 nitrogen and oxygen atoms in total. The number of fused-ring (bicyclic) bond motifs is 2. The van der Waals surface area contributed by atoms with Crippen molar-refractivity contribution in [2.24, 2.45) is 0 Å². The minimum Gasteiger partial charge on any atom is -0.494 e. The highest BCUT2D eigenvalue weighted by molar-refractivity contribution is 6.05. The van der Waals surface area contributed by atoms with Crippen LogP contribution in [0.25, 0.3) is 0 Å². The van der Waals surface area contributed by atoms with Crippen LogP contribution in [0.3, 0.4) is 0 Å². The lowest BCUT2D eigenvalue weighted by Gasteiger charge is -2.35. The van der Waals surface area contributed by atoms with E-state index < -0.39 is 17.8 Å². The number of hydrogen-bond acceptors (Lipinski definition) is 6. The minimum absolute atomic E-state index is 0.146. The molecule has 0 aromatic heterocycles. The molecule has 3 amide bonds. The van der Waals surface area contributed by atoms with Crippen LogP contribution in [0.2, 0.25) is 0 Å². The number of halogens is 1. The zero-order valence-electron chi connectivity index (χ0n) is 34.0. The highest BCUT2D eigenvalue weighted by Crippen LogP contribution is 2.47. The average Bonchev–Trinajstić information content (AvgIpc) is 3.60. The van der Waals surface area contributed by atoms with Gasteiger partial charge in [0.25, 0.3) is 5.91 Å². The van der Waals surface area contributed by atoms with Gasteiger partial charge in [0.1, 0.15) is 30.0 Å². The van der Waals surface area contributed by atoms with Gasteiger partial charge in [0.15, 0.2) is 0 Å². The fourth-order valence-electron chi connectivity index (χ4n) is 9.98. The van der Waals surface area contributed by atoms with Crippen molar-refractivity contribution in [3.05, 3.63) is 166 Å². The van der Waals surface area contributed by atoms with Crippen LogP contribution >= 0.6 is 0 Å². The minimum atomic E-state index is -0.711. The van der Waals surface area contributed by atoms with Gasteiger partial charge >= 0.3 is 0 Å². The topological polar surface area (TPSA) is 88.2 Å². The third-order valence-electron chi connectivity index (χ3n) is 13.1. The van der Waals surface area contributed by atoms with Crippen molar-refractivity contribution >= 4 is 17.7 Å². The standard InChI is InChI=1S/C51H52FN3O5/c52-39-30-44(46-32-55(51(58)45(46)31-39)47-21-22-48(56)53-50(47)57)36-23-26-54(27-24-36)25-7-8-28-59-40-16-13-37(14-17-40)49-42(35-11-5-2-6-12-35)19-15-38-29-41(18-20-43(38)49)60-33-34-9-3-1-4-10-34/h1-6,9-14,16-18,20,29-31,36,42,47,49H,7-8,15,19,21-28,32-33H2,(H,53,56,57)/t42-,47?,49+/m1/s1. The number of rotatable bonds is 13. The van der Waals surface area contributed by atoms with Gasteiger partial charge in [0.2, 0.25) is 11.8 Å². The monoisotopic (exact) mass is 805 g/mol. The van der Waals surface area contributed by atoms with Gasteiger partial charge in [-0.2, -0.15) is 0 Å². The number of carbonyl (C=O) groups is 3. The van der Waals surface area contributed by atoms with Crippen molar-refractivity contribution in [1.29, 1.82) is 0 Å². The number of unbranched alkanes of at least 4 members (excludes halogenated alkanes) is 1. The molecule has 3 aliphatic heterocycles. The largest absolute Gasteiger partial charge is 0.494 e. The first-order valence-corrected chi connectivity index (χ1v) is 21.6. The molecule has 2 fully saturated rings. The molecular weight excluding hydrogens is 754 g/mol. The van der Waals surface area contributed by atoms with Crippen molar-refractivity contribution in [2.75, 3.05) is 26.2 Å². The third kappa shape index (κ3) is 8.59. The second-order valence-corrected chi connectivity index (χ2v) is 16.8. The van der Waals surface area contributed by atoms with Crippen LogP contribution in [-0.2, 0) is 29.2 Å². The summed E-state index contributed by atoms with van der Waals surface area (Å²) in [5.74, 6) is 1.02. The Morgan fingerprint density at radius 2 is 1.45 bits per heavy atom. The highest BCUT2D eigenvalue weighted by Gasteiger charge is 2.41. The van der Waals surface area contributed by atoms with Crippen molar-refractivity contribution in [1.82, 2.24) is 15.1 Å². The Morgan fingerprint density at radius 1 is 0.700 bits per heavy atom. The molecule has 0 saturated carbocycles. The summed E-state index contributed by atoms with van der Waals surface area (Å²) in [5.41, 5.74) is 8.60. The van der Waals surface area contributed by atoms with Crippen LogP contribution in [0.15, 0.2) is 115 Å². The van der Waals surface area contributed by atoms with E-state index in [-0.39, 0.29) is 43.0 Å². The van der Waals surface area contributed by atoms with Gasteiger partial charge in [-0.15, -0.1) is 0 Å². The second kappa shape index (κ2) is 17.8. The van der Waals surface area contributed by atoms with Gasteiger partial charge < -0.3 is 19.3 Å². The third-order valence-corrected chi connectivity index (χ3v) is 13.1. The molecule has 3 heterocycles. The molecule has 1 aliphatic carbocycles. The molecule has 1 unspecified atom stereocenters. The van der Waals surface area contributed by atoms with E-state index in [1.54, 1.807) is 6.07 Å². The number of ether oxygens (including phenoxy) is 2. The van der Waals surface area contributed by atoms with E-state index in [1.807, 2.05) is 18.2 Å². The average molecular weight is 806 g/mol. The Morgan fingerprint density at radius 3 is 2.22 bits per heavy atom. The van der Waals surface area contributed by atoms with E-state index in [1.165, 1.54) is 33.2 Å². The molecule has 308 valence electrons. The molecule has 9 heteroatoms. The summed E-state index contributed by atoms with van der Waals surface area (Å²) in [5, 5.41) is 2.35. The highest BCUT2D eigenvalue weighted by atomic mass is 19.1. The zero-order chi connectivity index (χ0) is 41.0. The van der Waals surface area contributed by atoms with E-state index >= 15 is 0 Å². The fourth-order valence-corrected chi connectivity index (χ4v) is 9.98. The van der Waals surface area contributed by atoms with Crippen LogP contribution in [0.1, 0.15) is 112 Å². The summed E-state index contributed by atoms with van der Waals surface area (Å²) >= 11 is 0. The summed E-state index contributed by atoms with van der Waals surface area (Å²) in [6.45, 7) is 4.25. The maximum Gasteiger partial charge on any atom is 0.255 e. The smallest absolute Gasteiger partial charge is 0.255 e. The van der Waals surface area contributed by atoms with Gasteiger partial charge in [-0.25, -0.2) is 4.39 Å². The van der Waals surface area contributed by atoms with E-state index in [9.17, 15) is 18.8 Å². The van der Waals surface area contributed by atoms with Gasteiger partial charge in [-0.1, -0.05) is 78.9 Å².